The molecule has 1 aliphatic carbocycles. The molecule has 1 saturated heterocycles. The Morgan fingerprint density at radius 2 is 2.03 bits per heavy atom. The van der Waals surface area contributed by atoms with E-state index in [9.17, 15) is 19.1 Å². The molecule has 2 aromatic rings. The van der Waals surface area contributed by atoms with E-state index in [1.54, 1.807) is 0 Å². The Kier molecular flexibility index (Phi) is 7.20. The minimum Gasteiger partial charge on any atom is -0.391 e. The van der Waals surface area contributed by atoms with Gasteiger partial charge in [-0.2, -0.15) is 0 Å². The smallest absolute Gasteiger partial charge is 0.257 e. The van der Waals surface area contributed by atoms with E-state index in [4.69, 9.17) is 0 Å². The van der Waals surface area contributed by atoms with Crippen LogP contribution in [-0.2, 0) is 0 Å². The van der Waals surface area contributed by atoms with Crippen molar-refractivity contribution in [3.63, 3.8) is 0 Å². The Morgan fingerprint density at radius 1 is 1.32 bits per heavy atom. The number of hydrogen-bond donors (Lipinski definition) is 2. The Morgan fingerprint density at radius 3 is 2.59 bits per heavy atom. The number of rotatable bonds is 6. The zero-order chi connectivity index (χ0) is 27.2. The molecule has 2 aromatic heterocycles. The van der Waals surface area contributed by atoms with Gasteiger partial charge in [0.15, 0.2) is 17.3 Å². The van der Waals surface area contributed by atoms with Gasteiger partial charge in [-0.05, 0) is 37.8 Å². The van der Waals surface area contributed by atoms with E-state index >= 15 is 13.2 Å². The number of alkyl halides is 1. The first kappa shape index (κ1) is 26.8. The number of aliphatic hydroxyl groups is 1. The van der Waals surface area contributed by atoms with Crippen LogP contribution < -0.4 is 15.6 Å². The number of β-amino-alcohol motifs (C(OH)–C–C–N with tert-alkyl or cyclic N) is 1. The van der Waals surface area contributed by atoms with Gasteiger partial charge in [0.25, 0.3) is 5.91 Å². The number of halogens is 4. The topological polar surface area (TPSA) is 87.5 Å². The lowest BCUT2D eigenvalue weighted by molar-refractivity contribution is 0.0923. The minimum atomic E-state index is -2.28. The molecule has 2 aliphatic rings. The van der Waals surface area contributed by atoms with E-state index in [2.05, 4.69) is 10.3 Å². The highest BCUT2D eigenvalue weighted by Gasteiger charge is 2.34. The van der Waals surface area contributed by atoms with Crippen molar-refractivity contribution < 1.29 is 27.5 Å². The Hall–Kier alpha value is -3.21. The third-order valence-corrected chi connectivity index (χ3v) is 6.83. The molecular formula is C26H30F4N4O3. The van der Waals surface area contributed by atoms with Crippen molar-refractivity contribution in [1.82, 2.24) is 14.9 Å². The second-order valence-electron chi connectivity index (χ2n) is 10.2. The first-order valence-electron chi connectivity index (χ1n) is 12.3. The molecule has 2 N–H and O–H groups in total. The maximum atomic E-state index is 15.2. The van der Waals surface area contributed by atoms with Gasteiger partial charge in [0.2, 0.25) is 5.43 Å². The molecule has 1 amide bonds. The fourth-order valence-corrected chi connectivity index (χ4v) is 4.84. The number of amides is 1. The second-order valence-corrected chi connectivity index (χ2v) is 10.2. The van der Waals surface area contributed by atoms with Crippen molar-refractivity contribution in [3.05, 3.63) is 51.6 Å². The quantitative estimate of drug-likeness (QED) is 0.550. The third-order valence-electron chi connectivity index (χ3n) is 6.83. The molecule has 3 atom stereocenters. The monoisotopic (exact) mass is 522 g/mol. The van der Waals surface area contributed by atoms with Crippen molar-refractivity contribution in [2.24, 2.45) is 5.92 Å². The highest BCUT2D eigenvalue weighted by atomic mass is 19.2. The van der Waals surface area contributed by atoms with Gasteiger partial charge in [0.05, 0.1) is 11.5 Å². The summed E-state index contributed by atoms with van der Waals surface area (Å²) < 4.78 is 60.8. The number of anilines is 1. The predicted molar refractivity (Wildman–Crippen MR) is 133 cm³/mol. The Balaban J connectivity index is 1.97. The molecule has 3 heterocycles. The zero-order valence-electron chi connectivity index (χ0n) is 21.1. The number of carbonyl (C=O) groups is 1. The highest BCUT2D eigenvalue weighted by Crippen LogP contribution is 2.39. The van der Waals surface area contributed by atoms with E-state index in [0.29, 0.717) is 18.9 Å². The van der Waals surface area contributed by atoms with Crippen molar-refractivity contribution in [1.29, 1.82) is 0 Å². The number of allylic oxidation sites excluding steroid dienone is 4. The number of carbonyl (C=O) groups excluding carboxylic acids is 1. The largest absolute Gasteiger partial charge is 0.391 e. The van der Waals surface area contributed by atoms with E-state index in [0.717, 1.165) is 23.8 Å². The van der Waals surface area contributed by atoms with Crippen LogP contribution in [-0.4, -0.2) is 51.5 Å². The highest BCUT2D eigenvalue weighted by molar-refractivity contribution is 5.98. The van der Waals surface area contributed by atoms with Crippen LogP contribution in [0.2, 0.25) is 0 Å². The number of pyridine rings is 2. The van der Waals surface area contributed by atoms with Crippen molar-refractivity contribution in [2.45, 2.75) is 64.8 Å². The molecule has 11 heteroatoms. The SMILES string of the molecule is CCC(NC(=O)c1cn(C2=C(F)CC(C)(F)C=C2F)c2nc(N3CC[C@H](O)C3)c(F)cc2c1=O)C(C)C. The first-order valence-corrected chi connectivity index (χ1v) is 12.3. The molecule has 4 rings (SSSR count). The number of nitrogens with zero attached hydrogens (tertiary/aromatic N) is 3. The van der Waals surface area contributed by atoms with E-state index in [-0.39, 0.29) is 41.9 Å². The van der Waals surface area contributed by atoms with Crippen LogP contribution in [0.15, 0.2) is 34.8 Å². The summed E-state index contributed by atoms with van der Waals surface area (Å²) in [5.41, 5.74) is -4.62. The summed E-state index contributed by atoms with van der Waals surface area (Å²) >= 11 is 0. The van der Waals surface area contributed by atoms with Gasteiger partial charge >= 0.3 is 0 Å². The number of nitrogens with one attached hydrogen (secondary N) is 1. The lowest BCUT2D eigenvalue weighted by Crippen LogP contribution is -2.40. The summed E-state index contributed by atoms with van der Waals surface area (Å²) in [4.78, 5) is 32.1. The molecule has 0 radical (unpaired) electrons. The first-order chi connectivity index (χ1) is 17.3. The van der Waals surface area contributed by atoms with Gasteiger partial charge in [0, 0.05) is 31.7 Å². The van der Waals surface area contributed by atoms with Crippen LogP contribution in [0.5, 0.6) is 0 Å². The average molecular weight is 523 g/mol. The predicted octanol–water partition coefficient (Wildman–Crippen LogP) is 4.39. The van der Waals surface area contributed by atoms with Crippen LogP contribution in [0.25, 0.3) is 16.7 Å². The molecular weight excluding hydrogens is 492 g/mol. The summed E-state index contributed by atoms with van der Waals surface area (Å²) in [7, 11) is 0. The Labute approximate surface area is 211 Å². The number of hydrogen-bond acceptors (Lipinski definition) is 5. The summed E-state index contributed by atoms with van der Waals surface area (Å²) in [6.07, 6.45) is 1.03. The molecule has 200 valence electrons. The number of fused-ring (bicyclic) bond motifs is 1. The van der Waals surface area contributed by atoms with Gasteiger partial charge in [0.1, 0.15) is 28.6 Å². The molecule has 1 fully saturated rings. The molecule has 0 bridgehead atoms. The molecule has 1 aliphatic heterocycles. The second kappa shape index (κ2) is 9.92. The Bertz CT molecular complexity index is 1370. The van der Waals surface area contributed by atoms with Crippen LogP contribution in [0.1, 0.15) is 57.3 Å². The maximum Gasteiger partial charge on any atom is 0.257 e. The molecule has 0 saturated carbocycles. The lowest BCUT2D eigenvalue weighted by Gasteiger charge is -2.25. The van der Waals surface area contributed by atoms with Gasteiger partial charge < -0.3 is 15.3 Å². The van der Waals surface area contributed by atoms with Crippen LogP contribution >= 0.6 is 0 Å². The summed E-state index contributed by atoms with van der Waals surface area (Å²) in [5, 5.41) is 12.3. The van der Waals surface area contributed by atoms with Crippen molar-refractivity contribution in [2.75, 3.05) is 18.0 Å². The number of aromatic nitrogens is 2. The van der Waals surface area contributed by atoms with Crippen molar-refractivity contribution >= 4 is 28.5 Å². The molecule has 0 spiro atoms. The van der Waals surface area contributed by atoms with E-state index < -0.39 is 58.3 Å². The van der Waals surface area contributed by atoms with Gasteiger partial charge in [-0.15, -0.1) is 0 Å². The third kappa shape index (κ3) is 5.14. The normalized spacial score (nSPS) is 23.1. The fraction of sp³-hybridized carbons (Fsp3) is 0.500. The zero-order valence-corrected chi connectivity index (χ0v) is 21.1. The van der Waals surface area contributed by atoms with E-state index in [1.165, 1.54) is 4.90 Å². The van der Waals surface area contributed by atoms with Gasteiger partial charge in [-0.1, -0.05) is 20.8 Å². The van der Waals surface area contributed by atoms with E-state index in [1.807, 2.05) is 20.8 Å². The van der Waals surface area contributed by atoms with Gasteiger partial charge in [-0.3, -0.25) is 14.2 Å². The average Bonchev–Trinajstić information content (AvgIpc) is 3.23. The minimum absolute atomic E-state index is 0.0372. The molecule has 37 heavy (non-hydrogen) atoms. The molecule has 2 unspecified atom stereocenters. The summed E-state index contributed by atoms with van der Waals surface area (Å²) in [5.74, 6) is -4.25. The summed E-state index contributed by atoms with van der Waals surface area (Å²) in [6, 6.07) is 0.587. The maximum absolute atomic E-state index is 15.2. The molecule has 7 nitrogen and oxygen atoms in total. The van der Waals surface area contributed by atoms with Crippen LogP contribution in [0.3, 0.4) is 0 Å². The van der Waals surface area contributed by atoms with Crippen LogP contribution in [0.4, 0.5) is 23.4 Å². The fourth-order valence-electron chi connectivity index (χ4n) is 4.84. The number of aliphatic hydroxyl groups excluding tert-OH is 1. The standard InChI is InChI=1S/C26H30F4N4O3/c1-5-20(13(2)3)31-25(37)16-12-34(21-18(28)9-26(4,30)10-19(21)29)23-15(22(16)36)8-17(27)24(32-23)33-7-6-14(35)11-33/h8-9,12-14,20,35H,5-7,10-11H2,1-4H3,(H,31,37)/t14-,20?,26?/m0/s1. The van der Waals surface area contributed by atoms with Crippen molar-refractivity contribution in [3.8, 4) is 0 Å². The van der Waals surface area contributed by atoms with Crippen LogP contribution in [0, 0.1) is 11.7 Å². The van der Waals surface area contributed by atoms with Gasteiger partial charge in [-0.25, -0.2) is 22.5 Å². The molecule has 0 aromatic carbocycles. The summed E-state index contributed by atoms with van der Waals surface area (Å²) in [6.45, 7) is 7.02. The lowest BCUT2D eigenvalue weighted by atomic mass is 9.96.